The van der Waals surface area contributed by atoms with Gasteiger partial charge in [0.15, 0.2) is 11.5 Å². The second-order valence-corrected chi connectivity index (χ2v) is 10.1. The molecule has 0 saturated carbocycles. The molecule has 1 atom stereocenters. The van der Waals surface area contributed by atoms with Gasteiger partial charge in [-0.15, -0.1) is 0 Å². The number of hydrogen-bond donors (Lipinski definition) is 1. The van der Waals surface area contributed by atoms with Crippen LogP contribution in [0.2, 0.25) is 0 Å². The molecule has 3 aromatic rings. The van der Waals surface area contributed by atoms with Gasteiger partial charge in [-0.3, -0.25) is 9.10 Å². The number of benzene rings is 3. The Labute approximate surface area is 207 Å². The van der Waals surface area contributed by atoms with Crippen molar-refractivity contribution in [1.82, 2.24) is 5.32 Å². The Kier molecular flexibility index (Phi) is 8.40. The number of amides is 1. The molecule has 0 heterocycles. The topological polar surface area (TPSA) is 84.9 Å². The zero-order valence-electron chi connectivity index (χ0n) is 20.7. The van der Waals surface area contributed by atoms with Crippen molar-refractivity contribution in [2.24, 2.45) is 0 Å². The average Bonchev–Trinajstić information content (AvgIpc) is 2.87. The Morgan fingerprint density at radius 2 is 1.57 bits per heavy atom. The molecule has 8 heteroatoms. The van der Waals surface area contributed by atoms with Crippen LogP contribution in [-0.4, -0.2) is 35.1 Å². The first-order chi connectivity index (χ1) is 16.7. The van der Waals surface area contributed by atoms with Crippen LogP contribution in [0.25, 0.3) is 0 Å². The monoisotopic (exact) mass is 496 g/mol. The molecule has 0 unspecified atom stereocenters. The van der Waals surface area contributed by atoms with E-state index in [2.05, 4.69) is 12.2 Å². The molecular weight excluding hydrogens is 464 g/mol. The summed E-state index contributed by atoms with van der Waals surface area (Å²) in [5.41, 5.74) is 3.37. The molecule has 0 bridgehead atoms. The summed E-state index contributed by atoms with van der Waals surface area (Å²) in [7, 11) is -1.07. The van der Waals surface area contributed by atoms with Crippen molar-refractivity contribution < 1.29 is 22.7 Å². The van der Waals surface area contributed by atoms with Crippen LogP contribution in [0, 0.1) is 6.92 Å². The van der Waals surface area contributed by atoms with Gasteiger partial charge in [-0.25, -0.2) is 8.42 Å². The third-order valence-electron chi connectivity index (χ3n) is 5.82. The fourth-order valence-corrected chi connectivity index (χ4v) is 5.09. The summed E-state index contributed by atoms with van der Waals surface area (Å²) in [6.07, 6.45) is 0.929. The van der Waals surface area contributed by atoms with E-state index in [1.807, 2.05) is 38.1 Å². The molecule has 0 aliphatic rings. The third kappa shape index (κ3) is 6.14. The molecule has 0 radical (unpaired) electrons. The predicted molar refractivity (Wildman–Crippen MR) is 138 cm³/mol. The lowest BCUT2D eigenvalue weighted by Gasteiger charge is -2.26. The summed E-state index contributed by atoms with van der Waals surface area (Å²) in [5, 5.41) is 2.92. The largest absolute Gasteiger partial charge is 0.493 e. The van der Waals surface area contributed by atoms with Gasteiger partial charge in [-0.2, -0.15) is 0 Å². The summed E-state index contributed by atoms with van der Waals surface area (Å²) in [6, 6.07) is 19.0. The van der Waals surface area contributed by atoms with Crippen LogP contribution >= 0.6 is 0 Å². The maximum atomic E-state index is 13.6. The number of sulfonamides is 1. The number of ether oxygens (including phenoxy) is 2. The number of carbonyl (C=O) groups is 1. The van der Waals surface area contributed by atoms with Crippen LogP contribution in [0.5, 0.6) is 11.5 Å². The van der Waals surface area contributed by atoms with Gasteiger partial charge in [-0.1, -0.05) is 48.9 Å². The second kappa shape index (κ2) is 11.3. The van der Waals surface area contributed by atoms with Crippen molar-refractivity contribution in [3.8, 4) is 11.5 Å². The molecule has 3 aromatic carbocycles. The van der Waals surface area contributed by atoms with Gasteiger partial charge in [0.1, 0.15) is 6.54 Å². The highest BCUT2D eigenvalue weighted by molar-refractivity contribution is 7.92. The quantitative estimate of drug-likeness (QED) is 0.442. The highest BCUT2D eigenvalue weighted by Crippen LogP contribution is 2.33. The first-order valence-electron chi connectivity index (χ1n) is 11.4. The molecule has 186 valence electrons. The molecule has 7 nitrogen and oxygen atoms in total. The minimum absolute atomic E-state index is 0.0916. The van der Waals surface area contributed by atoms with Crippen molar-refractivity contribution in [1.29, 1.82) is 0 Å². The molecule has 1 N–H and O–H groups in total. The van der Waals surface area contributed by atoms with Crippen molar-refractivity contribution in [2.45, 2.75) is 38.1 Å². The summed E-state index contributed by atoms with van der Waals surface area (Å²) in [6.45, 7) is 5.43. The minimum Gasteiger partial charge on any atom is -0.493 e. The van der Waals surface area contributed by atoms with Crippen LogP contribution in [0.4, 0.5) is 5.69 Å². The highest BCUT2D eigenvalue weighted by Gasteiger charge is 2.28. The second-order valence-electron chi connectivity index (χ2n) is 8.25. The summed E-state index contributed by atoms with van der Waals surface area (Å²) in [5.74, 6) is 0.388. The summed E-state index contributed by atoms with van der Waals surface area (Å²) < 4.78 is 39.0. The standard InChI is InChI=1S/C27H32N2O5S/c1-6-21-9-11-22(12-10-21)20(3)28-27(30)18-29(23-13-16-25(33-4)26(17-23)34-5)35(31,32)24-14-7-19(2)8-15-24/h7-17,20H,6,18H2,1-5H3,(H,28,30)/t20-/m1/s1. The maximum Gasteiger partial charge on any atom is 0.264 e. The van der Waals surface area contributed by atoms with E-state index in [1.165, 1.54) is 31.9 Å². The third-order valence-corrected chi connectivity index (χ3v) is 7.60. The van der Waals surface area contributed by atoms with Crippen LogP contribution < -0.4 is 19.1 Å². The Balaban J connectivity index is 1.93. The smallest absolute Gasteiger partial charge is 0.264 e. The number of anilines is 1. The van der Waals surface area contributed by atoms with Gasteiger partial charge in [0.05, 0.1) is 30.8 Å². The zero-order valence-corrected chi connectivity index (χ0v) is 21.6. The normalized spacial score (nSPS) is 12.0. The van der Waals surface area contributed by atoms with E-state index < -0.39 is 22.5 Å². The maximum absolute atomic E-state index is 13.6. The average molecular weight is 497 g/mol. The fraction of sp³-hybridized carbons (Fsp3) is 0.296. The van der Waals surface area contributed by atoms with E-state index in [0.717, 1.165) is 21.9 Å². The molecule has 0 fully saturated rings. The van der Waals surface area contributed by atoms with Gasteiger partial charge in [-0.05, 0) is 55.7 Å². The molecule has 0 spiro atoms. The van der Waals surface area contributed by atoms with E-state index in [1.54, 1.807) is 30.3 Å². The van der Waals surface area contributed by atoms with Gasteiger partial charge in [0, 0.05) is 6.07 Å². The van der Waals surface area contributed by atoms with Gasteiger partial charge in [0.25, 0.3) is 10.0 Å². The number of methoxy groups -OCH3 is 2. The molecular formula is C27H32N2O5S. The molecule has 0 saturated heterocycles. The summed E-state index contributed by atoms with van der Waals surface area (Å²) >= 11 is 0. The number of nitrogens with zero attached hydrogens (tertiary/aromatic N) is 1. The first kappa shape index (κ1) is 26.1. The Morgan fingerprint density at radius 3 is 2.14 bits per heavy atom. The van der Waals surface area contributed by atoms with Gasteiger partial charge < -0.3 is 14.8 Å². The van der Waals surface area contributed by atoms with E-state index >= 15 is 0 Å². The molecule has 1 amide bonds. The lowest BCUT2D eigenvalue weighted by molar-refractivity contribution is -0.120. The Morgan fingerprint density at radius 1 is 0.943 bits per heavy atom. The van der Waals surface area contributed by atoms with E-state index in [0.29, 0.717) is 17.2 Å². The molecule has 3 rings (SSSR count). The van der Waals surface area contributed by atoms with E-state index in [-0.39, 0.29) is 10.9 Å². The Hall–Kier alpha value is -3.52. The fourth-order valence-electron chi connectivity index (χ4n) is 3.68. The lowest BCUT2D eigenvalue weighted by Crippen LogP contribution is -2.41. The first-order valence-corrected chi connectivity index (χ1v) is 12.8. The summed E-state index contributed by atoms with van der Waals surface area (Å²) in [4.78, 5) is 13.2. The lowest BCUT2D eigenvalue weighted by atomic mass is 10.1. The van der Waals surface area contributed by atoms with Crippen molar-refractivity contribution in [3.05, 3.63) is 83.4 Å². The van der Waals surface area contributed by atoms with Crippen LogP contribution in [0.15, 0.2) is 71.6 Å². The highest BCUT2D eigenvalue weighted by atomic mass is 32.2. The van der Waals surface area contributed by atoms with Gasteiger partial charge >= 0.3 is 0 Å². The number of hydrogen-bond acceptors (Lipinski definition) is 5. The predicted octanol–water partition coefficient (Wildman–Crippen LogP) is 4.65. The van der Waals surface area contributed by atoms with E-state index in [4.69, 9.17) is 9.47 Å². The Bertz CT molecular complexity index is 1260. The van der Waals surface area contributed by atoms with Crippen molar-refractivity contribution in [2.75, 3.05) is 25.1 Å². The van der Waals surface area contributed by atoms with Gasteiger partial charge in [0.2, 0.25) is 5.91 Å². The van der Waals surface area contributed by atoms with Crippen molar-refractivity contribution in [3.63, 3.8) is 0 Å². The van der Waals surface area contributed by atoms with Crippen molar-refractivity contribution >= 4 is 21.6 Å². The molecule has 0 aliphatic heterocycles. The minimum atomic E-state index is -4.04. The number of carbonyl (C=O) groups excluding carboxylic acids is 1. The molecule has 0 aliphatic carbocycles. The SMILES string of the molecule is CCc1ccc([C@@H](C)NC(=O)CN(c2ccc(OC)c(OC)c2)S(=O)(=O)c2ccc(C)cc2)cc1. The van der Waals surface area contributed by atoms with E-state index in [9.17, 15) is 13.2 Å². The number of aryl methyl sites for hydroxylation is 2. The molecule has 35 heavy (non-hydrogen) atoms. The van der Waals surface area contributed by atoms with Crippen LogP contribution in [-0.2, 0) is 21.2 Å². The number of rotatable bonds is 10. The van der Waals surface area contributed by atoms with Crippen LogP contribution in [0.1, 0.15) is 36.6 Å². The van der Waals surface area contributed by atoms with Crippen LogP contribution in [0.3, 0.4) is 0 Å². The zero-order chi connectivity index (χ0) is 25.6. The molecule has 0 aromatic heterocycles. The number of nitrogens with one attached hydrogen (secondary N) is 1.